The van der Waals surface area contributed by atoms with Crippen molar-refractivity contribution in [2.24, 2.45) is 10.9 Å². The van der Waals surface area contributed by atoms with Gasteiger partial charge in [-0.15, -0.1) is 0 Å². The Labute approximate surface area is 161 Å². The van der Waals surface area contributed by atoms with E-state index in [1.807, 2.05) is 26.8 Å². The van der Waals surface area contributed by atoms with Crippen LogP contribution in [-0.4, -0.2) is 56.7 Å². The van der Waals surface area contributed by atoms with E-state index < -0.39 is 12.0 Å². The molecule has 1 fully saturated rings. The van der Waals surface area contributed by atoms with E-state index in [0.717, 1.165) is 11.5 Å². The first-order chi connectivity index (χ1) is 12.4. The topological polar surface area (TPSA) is 91.0 Å². The summed E-state index contributed by atoms with van der Waals surface area (Å²) < 4.78 is 5.42. The number of aliphatic hydroxyl groups excluding tert-OH is 1. The highest BCUT2D eigenvalue weighted by Crippen LogP contribution is 2.35. The molecule has 27 heavy (non-hydrogen) atoms. The zero-order valence-corrected chi connectivity index (χ0v) is 17.4. The molecule has 1 aromatic rings. The Morgan fingerprint density at radius 2 is 2.04 bits per heavy atom. The number of β-amino-alcohol motifs (C(OH)–C–C–N with tert-alkyl or cyclic N) is 1. The predicted octanol–water partition coefficient (Wildman–Crippen LogP) is 2.24. The average molecular weight is 377 g/mol. The van der Waals surface area contributed by atoms with E-state index in [1.165, 1.54) is 0 Å². The Bertz CT molecular complexity index is 750. The molecule has 0 spiro atoms. The first-order valence-corrected chi connectivity index (χ1v) is 9.72. The van der Waals surface area contributed by atoms with E-state index in [4.69, 9.17) is 9.52 Å². The SMILES string of the molecule is Cc1cc(C(C(=O)N2C[C@H](O)C[C@@H]2C2=NC(C)(C)C(C)(C)N2)C(C)C)on1. The third kappa shape index (κ3) is 3.49. The number of amides is 1. The van der Waals surface area contributed by atoms with Crippen molar-refractivity contribution >= 4 is 11.7 Å². The fraction of sp³-hybridized carbons (Fsp3) is 0.750. The van der Waals surface area contributed by atoms with E-state index in [0.29, 0.717) is 18.7 Å². The molecule has 1 aromatic heterocycles. The number of carbonyl (C=O) groups is 1. The van der Waals surface area contributed by atoms with Gasteiger partial charge in [0.2, 0.25) is 5.91 Å². The maximum atomic E-state index is 13.5. The lowest BCUT2D eigenvalue weighted by Crippen LogP contribution is -2.54. The number of aromatic nitrogens is 1. The van der Waals surface area contributed by atoms with Crippen LogP contribution in [0, 0.1) is 12.8 Å². The Kier molecular flexibility index (Phi) is 4.87. The predicted molar refractivity (Wildman–Crippen MR) is 104 cm³/mol. The van der Waals surface area contributed by atoms with Gasteiger partial charge in [0.25, 0.3) is 0 Å². The summed E-state index contributed by atoms with van der Waals surface area (Å²) in [5, 5.41) is 17.8. The second kappa shape index (κ2) is 6.62. The highest BCUT2D eigenvalue weighted by molar-refractivity contribution is 5.95. The maximum absolute atomic E-state index is 13.5. The van der Waals surface area contributed by atoms with Crippen LogP contribution in [0.25, 0.3) is 0 Å². The Hall–Kier alpha value is -1.89. The number of aliphatic imine (C=N–C) groups is 1. The fourth-order valence-corrected chi connectivity index (χ4v) is 3.86. The van der Waals surface area contributed by atoms with Crippen LogP contribution >= 0.6 is 0 Å². The third-order valence-electron chi connectivity index (χ3n) is 6.13. The van der Waals surface area contributed by atoms with Gasteiger partial charge in [-0.3, -0.25) is 9.79 Å². The number of likely N-dealkylation sites (tertiary alicyclic amines) is 1. The molecule has 0 radical (unpaired) electrons. The molecule has 0 bridgehead atoms. The number of hydrogen-bond donors (Lipinski definition) is 2. The number of rotatable bonds is 4. The Balaban J connectivity index is 1.91. The smallest absolute Gasteiger partial charge is 0.234 e. The Morgan fingerprint density at radius 3 is 2.52 bits per heavy atom. The highest BCUT2D eigenvalue weighted by atomic mass is 16.5. The van der Waals surface area contributed by atoms with Crippen LogP contribution in [0.15, 0.2) is 15.6 Å². The summed E-state index contributed by atoms with van der Waals surface area (Å²) in [6.07, 6.45) is -0.0659. The van der Waals surface area contributed by atoms with Gasteiger partial charge in [0.05, 0.1) is 28.9 Å². The monoisotopic (exact) mass is 376 g/mol. The van der Waals surface area contributed by atoms with Crippen molar-refractivity contribution in [2.45, 2.75) is 84.0 Å². The van der Waals surface area contributed by atoms with Crippen molar-refractivity contribution in [1.82, 2.24) is 15.4 Å². The van der Waals surface area contributed by atoms with Gasteiger partial charge in [-0.2, -0.15) is 0 Å². The van der Waals surface area contributed by atoms with Crippen molar-refractivity contribution in [2.75, 3.05) is 6.54 Å². The average Bonchev–Trinajstić information content (AvgIpc) is 3.16. The van der Waals surface area contributed by atoms with E-state index in [1.54, 1.807) is 4.90 Å². The maximum Gasteiger partial charge on any atom is 0.234 e. The zero-order chi connectivity index (χ0) is 20.1. The zero-order valence-electron chi connectivity index (χ0n) is 17.4. The number of carbonyl (C=O) groups excluding carboxylic acids is 1. The number of hydrogen-bond acceptors (Lipinski definition) is 6. The van der Waals surface area contributed by atoms with Crippen molar-refractivity contribution in [3.05, 3.63) is 17.5 Å². The summed E-state index contributed by atoms with van der Waals surface area (Å²) in [7, 11) is 0. The standard InChI is InChI=1S/C20H32N4O3/c1-11(2)16(15-8-12(3)23-27-15)18(26)24-10-13(25)9-14(24)17-21-19(4,5)20(6,7)22-17/h8,11,13-14,16,25H,9-10H2,1-7H3,(H,21,22)/t13-,14-,16?/m1/s1. The second-order valence-corrected chi connectivity index (χ2v) is 9.29. The number of aryl methyl sites for hydroxylation is 1. The number of aliphatic hydroxyl groups is 1. The molecule has 3 rings (SSSR count). The largest absolute Gasteiger partial charge is 0.391 e. The third-order valence-corrected chi connectivity index (χ3v) is 6.13. The Morgan fingerprint density at radius 1 is 1.37 bits per heavy atom. The molecular weight excluding hydrogens is 344 g/mol. The molecule has 1 amide bonds. The number of nitrogens with zero attached hydrogens (tertiary/aromatic N) is 3. The summed E-state index contributed by atoms with van der Waals surface area (Å²) in [6.45, 7) is 14.5. The van der Waals surface area contributed by atoms with E-state index >= 15 is 0 Å². The minimum Gasteiger partial charge on any atom is -0.391 e. The summed E-state index contributed by atoms with van der Waals surface area (Å²) in [5.74, 6) is 0.937. The molecule has 0 saturated carbocycles. The quantitative estimate of drug-likeness (QED) is 0.841. The molecule has 2 N–H and O–H groups in total. The number of nitrogens with one attached hydrogen (secondary N) is 1. The van der Waals surface area contributed by atoms with Crippen molar-refractivity contribution < 1.29 is 14.4 Å². The summed E-state index contributed by atoms with van der Waals surface area (Å²) in [4.78, 5) is 20.1. The second-order valence-electron chi connectivity index (χ2n) is 9.29. The van der Waals surface area contributed by atoms with Crippen LogP contribution in [0.2, 0.25) is 0 Å². The van der Waals surface area contributed by atoms with Gasteiger partial charge < -0.3 is 19.8 Å². The first kappa shape index (κ1) is 19.9. The van der Waals surface area contributed by atoms with E-state index in [-0.39, 0.29) is 28.9 Å². The van der Waals surface area contributed by atoms with Gasteiger partial charge in [0.15, 0.2) is 0 Å². The van der Waals surface area contributed by atoms with Crippen LogP contribution in [-0.2, 0) is 4.79 Å². The van der Waals surface area contributed by atoms with Gasteiger partial charge in [0, 0.05) is 19.0 Å². The molecule has 1 unspecified atom stereocenters. The molecule has 3 atom stereocenters. The lowest BCUT2D eigenvalue weighted by molar-refractivity contribution is -0.134. The fourth-order valence-electron chi connectivity index (χ4n) is 3.86. The van der Waals surface area contributed by atoms with Crippen LogP contribution in [0.4, 0.5) is 0 Å². The molecule has 7 nitrogen and oxygen atoms in total. The molecule has 1 saturated heterocycles. The molecule has 2 aliphatic rings. The minimum absolute atomic E-state index is 0.0466. The van der Waals surface area contributed by atoms with E-state index in [2.05, 4.69) is 38.2 Å². The van der Waals surface area contributed by atoms with Crippen molar-refractivity contribution in [3.63, 3.8) is 0 Å². The van der Waals surface area contributed by atoms with Crippen LogP contribution in [0.3, 0.4) is 0 Å². The van der Waals surface area contributed by atoms with Gasteiger partial charge in [-0.1, -0.05) is 19.0 Å². The minimum atomic E-state index is -0.556. The molecule has 7 heteroatoms. The lowest BCUT2D eigenvalue weighted by atomic mass is 9.85. The van der Waals surface area contributed by atoms with E-state index in [9.17, 15) is 9.90 Å². The van der Waals surface area contributed by atoms with Gasteiger partial charge in [-0.25, -0.2) is 0 Å². The van der Waals surface area contributed by atoms with Crippen molar-refractivity contribution in [1.29, 1.82) is 0 Å². The summed E-state index contributed by atoms with van der Waals surface area (Å²) >= 11 is 0. The highest BCUT2D eigenvalue weighted by Gasteiger charge is 2.49. The van der Waals surface area contributed by atoms with Crippen LogP contribution in [0.5, 0.6) is 0 Å². The molecule has 0 aromatic carbocycles. The van der Waals surface area contributed by atoms with Crippen molar-refractivity contribution in [3.8, 4) is 0 Å². The molecular formula is C20H32N4O3. The molecule has 0 aliphatic carbocycles. The normalized spacial score (nSPS) is 27.6. The summed E-state index contributed by atoms with van der Waals surface area (Å²) in [6, 6.07) is 1.57. The van der Waals surface area contributed by atoms with Gasteiger partial charge in [-0.05, 0) is 40.5 Å². The lowest BCUT2D eigenvalue weighted by Gasteiger charge is -2.33. The van der Waals surface area contributed by atoms with Gasteiger partial charge in [0.1, 0.15) is 17.5 Å². The first-order valence-electron chi connectivity index (χ1n) is 9.72. The number of amidine groups is 1. The molecule has 150 valence electrons. The van der Waals surface area contributed by atoms with Gasteiger partial charge >= 0.3 is 0 Å². The van der Waals surface area contributed by atoms with Crippen LogP contribution in [0.1, 0.15) is 65.3 Å². The van der Waals surface area contributed by atoms with Crippen LogP contribution < -0.4 is 5.32 Å². The molecule has 2 aliphatic heterocycles. The summed E-state index contributed by atoms with van der Waals surface area (Å²) in [5.41, 5.74) is 0.251. The molecule has 3 heterocycles.